The number of hydrogen-bond donors (Lipinski definition) is 1. The molecule has 0 radical (unpaired) electrons. The molecule has 6 heteroatoms. The van der Waals surface area contributed by atoms with E-state index in [9.17, 15) is 4.79 Å². The molecular formula is C16H19N3O3. The van der Waals surface area contributed by atoms with E-state index in [-0.39, 0.29) is 6.03 Å². The Bertz CT molecular complexity index is 647. The minimum absolute atomic E-state index is 0.158. The van der Waals surface area contributed by atoms with Crippen molar-refractivity contribution in [3.63, 3.8) is 0 Å². The molecule has 1 saturated carbocycles. The summed E-state index contributed by atoms with van der Waals surface area (Å²) in [5.74, 6) is 1.19. The van der Waals surface area contributed by atoms with Gasteiger partial charge in [0.2, 0.25) is 5.88 Å². The molecule has 0 unspecified atom stereocenters. The van der Waals surface area contributed by atoms with Crippen LogP contribution in [0.3, 0.4) is 0 Å². The van der Waals surface area contributed by atoms with E-state index in [4.69, 9.17) is 9.26 Å². The van der Waals surface area contributed by atoms with Crippen molar-refractivity contribution >= 4 is 11.9 Å². The maximum absolute atomic E-state index is 12.4. The molecule has 0 atom stereocenters. The number of benzene rings is 1. The van der Waals surface area contributed by atoms with E-state index >= 15 is 0 Å². The minimum Gasteiger partial charge on any atom is -0.497 e. The van der Waals surface area contributed by atoms with Gasteiger partial charge >= 0.3 is 6.03 Å². The van der Waals surface area contributed by atoms with Gasteiger partial charge in [0.25, 0.3) is 0 Å². The predicted octanol–water partition coefficient (Wildman–Crippen LogP) is 3.19. The summed E-state index contributed by atoms with van der Waals surface area (Å²) < 4.78 is 10.2. The first-order valence-corrected chi connectivity index (χ1v) is 7.29. The van der Waals surface area contributed by atoms with Crippen LogP contribution in [0.25, 0.3) is 0 Å². The van der Waals surface area contributed by atoms with Gasteiger partial charge in [-0.1, -0.05) is 17.3 Å². The second-order valence-corrected chi connectivity index (χ2v) is 5.47. The summed E-state index contributed by atoms with van der Waals surface area (Å²) >= 11 is 0. The van der Waals surface area contributed by atoms with Crippen molar-refractivity contribution in [3.8, 4) is 5.75 Å². The van der Waals surface area contributed by atoms with Crippen molar-refractivity contribution in [2.75, 3.05) is 12.4 Å². The number of aryl methyl sites for hydroxylation is 1. The predicted molar refractivity (Wildman–Crippen MR) is 81.8 cm³/mol. The second-order valence-electron chi connectivity index (χ2n) is 5.47. The van der Waals surface area contributed by atoms with Crippen LogP contribution < -0.4 is 10.1 Å². The van der Waals surface area contributed by atoms with Gasteiger partial charge in [-0.15, -0.1) is 0 Å². The van der Waals surface area contributed by atoms with Crippen molar-refractivity contribution in [2.45, 2.75) is 32.4 Å². The zero-order valence-corrected chi connectivity index (χ0v) is 12.7. The van der Waals surface area contributed by atoms with Gasteiger partial charge in [0.1, 0.15) is 5.75 Å². The molecule has 3 rings (SSSR count). The Kier molecular flexibility index (Phi) is 4.00. The quantitative estimate of drug-likeness (QED) is 0.921. The number of carbonyl (C=O) groups excluding carboxylic acids is 1. The van der Waals surface area contributed by atoms with Crippen LogP contribution >= 0.6 is 0 Å². The molecule has 1 aromatic heterocycles. The Balaban J connectivity index is 1.67. The SMILES string of the molecule is COc1ccc(CN(C(=O)Nc2cc(C)no2)C2CC2)cc1. The number of anilines is 1. The van der Waals surface area contributed by atoms with Crippen LogP contribution in [-0.4, -0.2) is 29.2 Å². The van der Waals surface area contributed by atoms with Gasteiger partial charge in [-0.2, -0.15) is 0 Å². The monoisotopic (exact) mass is 301 g/mol. The molecule has 0 spiro atoms. The van der Waals surface area contributed by atoms with E-state index in [0.717, 1.165) is 29.8 Å². The Morgan fingerprint density at radius 1 is 1.41 bits per heavy atom. The molecule has 0 aliphatic heterocycles. The largest absolute Gasteiger partial charge is 0.497 e. The van der Waals surface area contributed by atoms with E-state index in [2.05, 4.69) is 10.5 Å². The molecule has 0 saturated heterocycles. The standard InChI is InChI=1S/C16H19N3O3/c1-11-9-15(22-18-11)17-16(20)19(13-5-6-13)10-12-3-7-14(21-2)8-4-12/h3-4,7-9,13H,5-6,10H2,1-2H3,(H,17,20). The van der Waals surface area contributed by atoms with Gasteiger partial charge in [0, 0.05) is 18.7 Å². The molecule has 1 aromatic carbocycles. The third-order valence-electron chi connectivity index (χ3n) is 3.62. The highest BCUT2D eigenvalue weighted by Crippen LogP contribution is 2.29. The molecule has 6 nitrogen and oxygen atoms in total. The Hall–Kier alpha value is -2.50. The molecular weight excluding hydrogens is 282 g/mol. The van der Waals surface area contributed by atoms with Crippen LogP contribution in [0.4, 0.5) is 10.7 Å². The van der Waals surface area contributed by atoms with Crippen molar-refractivity contribution in [1.29, 1.82) is 0 Å². The maximum Gasteiger partial charge on any atom is 0.324 e. The van der Waals surface area contributed by atoms with Crippen molar-refractivity contribution in [1.82, 2.24) is 10.1 Å². The number of amides is 2. The molecule has 22 heavy (non-hydrogen) atoms. The lowest BCUT2D eigenvalue weighted by atomic mass is 10.2. The number of aromatic nitrogens is 1. The number of urea groups is 1. The highest BCUT2D eigenvalue weighted by Gasteiger charge is 2.33. The first-order valence-electron chi connectivity index (χ1n) is 7.29. The van der Waals surface area contributed by atoms with Crippen molar-refractivity contribution in [2.24, 2.45) is 0 Å². The number of carbonyl (C=O) groups is 1. The fourth-order valence-electron chi connectivity index (χ4n) is 2.28. The van der Waals surface area contributed by atoms with Crippen LogP contribution in [0.1, 0.15) is 24.1 Å². The number of rotatable bonds is 5. The minimum atomic E-state index is -0.158. The summed E-state index contributed by atoms with van der Waals surface area (Å²) in [5.41, 5.74) is 1.81. The number of methoxy groups -OCH3 is 1. The average Bonchev–Trinajstić information content (AvgIpc) is 3.28. The van der Waals surface area contributed by atoms with E-state index < -0.39 is 0 Å². The first kappa shape index (κ1) is 14.4. The summed E-state index contributed by atoms with van der Waals surface area (Å²) in [6.07, 6.45) is 2.08. The molecule has 0 bridgehead atoms. The highest BCUT2D eigenvalue weighted by molar-refractivity contribution is 5.88. The Labute approximate surface area is 129 Å². The van der Waals surface area contributed by atoms with E-state index in [1.165, 1.54) is 0 Å². The molecule has 1 N–H and O–H groups in total. The topological polar surface area (TPSA) is 67.6 Å². The van der Waals surface area contributed by atoms with Crippen molar-refractivity contribution in [3.05, 3.63) is 41.6 Å². The number of nitrogens with zero attached hydrogens (tertiary/aromatic N) is 2. The normalized spacial score (nSPS) is 13.7. The number of ether oxygens (including phenoxy) is 1. The van der Waals surface area contributed by atoms with Gasteiger partial charge in [0.05, 0.1) is 12.8 Å². The molecule has 2 amide bonds. The summed E-state index contributed by atoms with van der Waals surface area (Å²) in [4.78, 5) is 14.3. The average molecular weight is 301 g/mol. The Morgan fingerprint density at radius 3 is 2.68 bits per heavy atom. The van der Waals surface area contributed by atoms with Gasteiger partial charge in [0.15, 0.2) is 0 Å². The van der Waals surface area contributed by atoms with Crippen LogP contribution in [-0.2, 0) is 6.54 Å². The summed E-state index contributed by atoms with van der Waals surface area (Å²) in [7, 11) is 1.64. The fraction of sp³-hybridized carbons (Fsp3) is 0.375. The van der Waals surface area contributed by atoms with Gasteiger partial charge in [-0.05, 0) is 37.5 Å². The fourth-order valence-corrected chi connectivity index (χ4v) is 2.28. The maximum atomic E-state index is 12.4. The lowest BCUT2D eigenvalue weighted by molar-refractivity contribution is 0.205. The van der Waals surface area contributed by atoms with Gasteiger partial charge in [-0.25, -0.2) is 4.79 Å². The highest BCUT2D eigenvalue weighted by atomic mass is 16.5. The molecule has 1 aliphatic carbocycles. The summed E-state index contributed by atoms with van der Waals surface area (Å²) in [6.45, 7) is 2.38. The molecule has 1 heterocycles. The number of nitrogens with one attached hydrogen (secondary N) is 1. The molecule has 1 aliphatic rings. The Morgan fingerprint density at radius 2 is 2.14 bits per heavy atom. The van der Waals surface area contributed by atoms with Gasteiger partial charge in [-0.3, -0.25) is 5.32 Å². The molecule has 1 fully saturated rings. The van der Waals surface area contributed by atoms with Crippen LogP contribution in [0.2, 0.25) is 0 Å². The van der Waals surface area contributed by atoms with Crippen LogP contribution in [0, 0.1) is 6.92 Å². The van der Waals surface area contributed by atoms with E-state index in [1.54, 1.807) is 13.2 Å². The lowest BCUT2D eigenvalue weighted by Gasteiger charge is -2.22. The first-order chi connectivity index (χ1) is 10.7. The smallest absolute Gasteiger partial charge is 0.324 e. The van der Waals surface area contributed by atoms with Gasteiger partial charge < -0.3 is 14.2 Å². The van der Waals surface area contributed by atoms with E-state index in [0.29, 0.717) is 18.5 Å². The van der Waals surface area contributed by atoms with E-state index in [1.807, 2.05) is 36.1 Å². The zero-order valence-electron chi connectivity index (χ0n) is 12.7. The summed E-state index contributed by atoms with van der Waals surface area (Å²) in [5, 5.41) is 6.53. The molecule has 2 aromatic rings. The summed E-state index contributed by atoms with van der Waals surface area (Å²) in [6, 6.07) is 9.59. The third kappa shape index (κ3) is 3.39. The zero-order chi connectivity index (χ0) is 15.5. The van der Waals surface area contributed by atoms with Crippen molar-refractivity contribution < 1.29 is 14.1 Å². The lowest BCUT2D eigenvalue weighted by Crippen LogP contribution is -2.36. The van der Waals surface area contributed by atoms with Crippen LogP contribution in [0.5, 0.6) is 5.75 Å². The third-order valence-corrected chi connectivity index (χ3v) is 3.62. The molecule has 116 valence electrons. The number of hydrogen-bond acceptors (Lipinski definition) is 4. The second kappa shape index (κ2) is 6.09. The van der Waals surface area contributed by atoms with Crippen LogP contribution in [0.15, 0.2) is 34.9 Å².